The zero-order chi connectivity index (χ0) is 26.1. The molecule has 0 spiro atoms. The van der Waals surface area contributed by atoms with E-state index in [9.17, 15) is 19.5 Å². The van der Waals surface area contributed by atoms with E-state index in [2.05, 4.69) is 34.2 Å². The molecule has 0 radical (unpaired) electrons. The number of aliphatic carboxylic acids is 1. The van der Waals surface area contributed by atoms with E-state index in [1.807, 2.05) is 17.0 Å². The number of aromatic nitrogens is 2. The van der Waals surface area contributed by atoms with Crippen molar-refractivity contribution in [2.75, 3.05) is 18.1 Å². The van der Waals surface area contributed by atoms with Gasteiger partial charge in [-0.2, -0.15) is 0 Å². The third-order valence-electron chi connectivity index (χ3n) is 6.20. The highest BCUT2D eigenvalue weighted by molar-refractivity contribution is 8.00. The second-order valence-electron chi connectivity index (χ2n) is 8.79. The third kappa shape index (κ3) is 5.09. The summed E-state index contributed by atoms with van der Waals surface area (Å²) in [6, 6.07) is 3.21. The van der Waals surface area contributed by atoms with Crippen LogP contribution in [0.2, 0.25) is 0 Å². The molecule has 2 aliphatic heterocycles. The lowest BCUT2D eigenvalue weighted by atomic mass is 10.0. The summed E-state index contributed by atoms with van der Waals surface area (Å²) in [6.45, 7) is 3.97. The highest BCUT2D eigenvalue weighted by atomic mass is 32.2. The molecule has 1 saturated heterocycles. The van der Waals surface area contributed by atoms with Crippen LogP contribution in [0.15, 0.2) is 59.0 Å². The minimum atomic E-state index is -1.17. The van der Waals surface area contributed by atoms with Gasteiger partial charge in [0.2, 0.25) is 0 Å². The number of nitrogens with one attached hydrogen (secondary N) is 1. The molecule has 0 bridgehead atoms. The fraction of sp³-hybridized carbons (Fsp3) is 0.333. The Labute approximate surface area is 220 Å². The molecule has 2 fully saturated rings. The van der Waals surface area contributed by atoms with Crippen molar-refractivity contribution in [1.29, 1.82) is 0 Å². The van der Waals surface area contributed by atoms with Crippen LogP contribution in [-0.4, -0.2) is 62.3 Å². The molecule has 1 saturated carbocycles. The summed E-state index contributed by atoms with van der Waals surface area (Å²) in [6.07, 6.45) is 7.77. The van der Waals surface area contributed by atoms with Gasteiger partial charge in [0.15, 0.2) is 29.8 Å². The lowest BCUT2D eigenvalue weighted by Gasteiger charge is -2.49. The molecule has 0 aromatic carbocycles. The van der Waals surface area contributed by atoms with Gasteiger partial charge in [0, 0.05) is 28.8 Å². The maximum absolute atomic E-state index is 13.1. The van der Waals surface area contributed by atoms with Crippen LogP contribution in [0.25, 0.3) is 0 Å². The van der Waals surface area contributed by atoms with Gasteiger partial charge in [0.1, 0.15) is 29.4 Å². The van der Waals surface area contributed by atoms with E-state index in [1.54, 1.807) is 5.38 Å². The number of carbonyl (C=O) groups excluding carboxylic acids is 2. The number of anilines is 1. The molecule has 37 heavy (non-hydrogen) atoms. The Bertz CT molecular complexity index is 1320. The largest absolute Gasteiger partial charge is 0.477 e. The van der Waals surface area contributed by atoms with Crippen LogP contribution in [0, 0.1) is 0 Å². The van der Waals surface area contributed by atoms with E-state index in [-0.39, 0.29) is 28.8 Å². The molecule has 2 aromatic heterocycles. The number of thiazole rings is 1. The Morgan fingerprint density at radius 3 is 2.76 bits per heavy atom. The number of β-lactam (4-membered cyclic amide) rings is 1. The normalized spacial score (nSPS) is 21.2. The SMILES string of the molecule is C=CCO/N=C(/C(=O)NC1C(=O)N2C(C(=O)O)=C(C[n+]3ccc(C4CC4)cc3)CS[C@H]12)c1csc(N)n1. The molecule has 2 amide bonds. The molecule has 2 aromatic rings. The van der Waals surface area contributed by atoms with Crippen molar-refractivity contribution < 1.29 is 28.9 Å². The fourth-order valence-electron chi connectivity index (χ4n) is 4.25. The van der Waals surface area contributed by atoms with Crippen molar-refractivity contribution in [2.24, 2.45) is 5.16 Å². The number of nitrogen functional groups attached to an aromatic ring is 1. The van der Waals surface area contributed by atoms with E-state index in [4.69, 9.17) is 10.6 Å². The van der Waals surface area contributed by atoms with Crippen LogP contribution in [0.1, 0.15) is 30.0 Å². The summed E-state index contributed by atoms with van der Waals surface area (Å²) in [5.74, 6) is -1.31. The van der Waals surface area contributed by atoms with Gasteiger partial charge in [0.25, 0.3) is 11.8 Å². The summed E-state index contributed by atoms with van der Waals surface area (Å²) >= 11 is 2.54. The zero-order valence-electron chi connectivity index (χ0n) is 19.7. The first-order valence-electron chi connectivity index (χ1n) is 11.6. The number of nitrogens with zero attached hydrogens (tertiary/aromatic N) is 4. The van der Waals surface area contributed by atoms with Gasteiger partial charge in [-0.3, -0.25) is 14.5 Å². The number of oxime groups is 1. The number of carboxylic acids is 1. The smallest absolute Gasteiger partial charge is 0.352 e. The summed E-state index contributed by atoms with van der Waals surface area (Å²) in [5, 5.41) is 17.7. The van der Waals surface area contributed by atoms with Crippen LogP contribution >= 0.6 is 23.1 Å². The number of nitrogens with two attached hydrogens (primary N) is 1. The standard InChI is InChI=1S/C24H24N6O5S2/c1-2-9-35-28-17(16-12-37-24(25)26-16)20(31)27-18-21(32)30-19(23(33)34)15(11-36-22(18)30)10-29-7-5-14(6-8-29)13-3-4-13/h2,5-8,12-13,18,22H,1,3-4,9-11H2,(H3-,25,26,27,31,33,34)/p+1/b28-17+/t18?,22-/m1/s1. The van der Waals surface area contributed by atoms with Crippen LogP contribution < -0.4 is 15.6 Å². The van der Waals surface area contributed by atoms with Crippen molar-refractivity contribution in [3.63, 3.8) is 0 Å². The predicted octanol–water partition coefficient (Wildman–Crippen LogP) is 1.24. The van der Waals surface area contributed by atoms with E-state index in [0.29, 0.717) is 23.8 Å². The fourth-order valence-corrected chi connectivity index (χ4v) is 6.14. The van der Waals surface area contributed by atoms with Crippen molar-refractivity contribution in [3.8, 4) is 0 Å². The second kappa shape index (κ2) is 10.3. The molecule has 192 valence electrons. The van der Waals surface area contributed by atoms with Crippen LogP contribution in [0.4, 0.5) is 5.13 Å². The maximum atomic E-state index is 13.1. The summed E-state index contributed by atoms with van der Waals surface area (Å²) in [7, 11) is 0. The number of amides is 2. The number of rotatable bonds is 10. The molecule has 1 unspecified atom stereocenters. The van der Waals surface area contributed by atoms with Crippen LogP contribution in [0.3, 0.4) is 0 Å². The second-order valence-corrected chi connectivity index (χ2v) is 10.8. The van der Waals surface area contributed by atoms with Crippen molar-refractivity contribution in [2.45, 2.75) is 36.7 Å². The Morgan fingerprint density at radius 2 is 2.14 bits per heavy atom. The van der Waals surface area contributed by atoms with Gasteiger partial charge in [0.05, 0.1) is 0 Å². The molecule has 4 N–H and O–H groups in total. The number of carbonyl (C=O) groups is 3. The highest BCUT2D eigenvalue weighted by Crippen LogP contribution is 2.41. The van der Waals surface area contributed by atoms with Gasteiger partial charge < -0.3 is 21.0 Å². The topological polar surface area (TPSA) is 151 Å². The Balaban J connectivity index is 1.31. The third-order valence-corrected chi connectivity index (χ3v) is 8.22. The van der Waals surface area contributed by atoms with E-state index < -0.39 is 29.2 Å². The van der Waals surface area contributed by atoms with E-state index in [0.717, 1.165) is 11.3 Å². The van der Waals surface area contributed by atoms with Gasteiger partial charge in [-0.25, -0.2) is 14.3 Å². The molecular formula is C24H25N6O5S2+. The quantitative estimate of drug-likeness (QED) is 0.102. The Kier molecular flexibility index (Phi) is 6.98. The van der Waals surface area contributed by atoms with E-state index >= 15 is 0 Å². The molecule has 11 nitrogen and oxygen atoms in total. The van der Waals surface area contributed by atoms with Crippen molar-refractivity contribution >= 4 is 51.7 Å². The van der Waals surface area contributed by atoms with Crippen molar-refractivity contribution in [1.82, 2.24) is 15.2 Å². The number of pyridine rings is 1. The Hall–Kier alpha value is -3.71. The van der Waals surface area contributed by atoms with Gasteiger partial charge in [-0.1, -0.05) is 17.8 Å². The highest BCUT2D eigenvalue weighted by Gasteiger charge is 2.54. The first kappa shape index (κ1) is 25.0. The van der Waals surface area contributed by atoms with Crippen LogP contribution in [0.5, 0.6) is 0 Å². The molecular weight excluding hydrogens is 516 g/mol. The monoisotopic (exact) mass is 541 g/mol. The minimum absolute atomic E-state index is 0.0338. The molecule has 4 heterocycles. The number of thioether (sulfide) groups is 1. The maximum Gasteiger partial charge on any atom is 0.352 e. The predicted molar refractivity (Wildman–Crippen MR) is 138 cm³/mol. The summed E-state index contributed by atoms with van der Waals surface area (Å²) in [5.41, 5.74) is 7.65. The summed E-state index contributed by atoms with van der Waals surface area (Å²) < 4.78 is 1.92. The number of fused-ring (bicyclic) bond motifs is 1. The van der Waals surface area contributed by atoms with Crippen LogP contribution in [-0.2, 0) is 25.8 Å². The minimum Gasteiger partial charge on any atom is -0.477 e. The molecule has 5 rings (SSSR count). The van der Waals surface area contributed by atoms with E-state index in [1.165, 1.54) is 41.1 Å². The average Bonchev–Trinajstić information content (AvgIpc) is 3.65. The first-order valence-corrected chi connectivity index (χ1v) is 13.5. The Morgan fingerprint density at radius 1 is 1.38 bits per heavy atom. The lowest BCUT2D eigenvalue weighted by molar-refractivity contribution is -0.689. The molecule has 13 heteroatoms. The molecule has 3 aliphatic rings. The average molecular weight is 542 g/mol. The van der Waals surface area contributed by atoms with Gasteiger partial charge in [-0.15, -0.1) is 23.1 Å². The van der Waals surface area contributed by atoms with Gasteiger partial charge in [-0.05, 0) is 24.3 Å². The first-order chi connectivity index (χ1) is 17.9. The van der Waals surface area contributed by atoms with Crippen molar-refractivity contribution in [3.05, 3.63) is 65.1 Å². The number of carboxylic acid groups (broad SMARTS) is 1. The zero-order valence-corrected chi connectivity index (χ0v) is 21.3. The molecule has 2 atom stereocenters. The number of hydrogen-bond donors (Lipinski definition) is 3. The lowest BCUT2D eigenvalue weighted by Crippen LogP contribution is -2.71. The summed E-state index contributed by atoms with van der Waals surface area (Å²) in [4.78, 5) is 48.7. The molecule has 1 aliphatic carbocycles. The number of hydrogen-bond acceptors (Lipinski definition) is 9. The van der Waals surface area contributed by atoms with Gasteiger partial charge >= 0.3 is 5.97 Å².